The number of rotatable bonds is 5. The molecule has 21 heavy (non-hydrogen) atoms. The molecular weight excluding hydrogens is 292 g/mol. The maximum atomic E-state index is 12.3. The minimum atomic E-state index is -0.475. The second-order valence-corrected chi connectivity index (χ2v) is 5.56. The fraction of sp³-hybridized carbons (Fsp3) is 0.643. The molecule has 0 N–H and O–H groups in total. The Morgan fingerprint density at radius 2 is 2.05 bits per heavy atom. The molecule has 1 aromatic heterocycles. The first-order valence-corrected chi connectivity index (χ1v) is 8.07. The molecule has 116 valence electrons. The van der Waals surface area contributed by atoms with Gasteiger partial charge in [-0.05, 0) is 26.7 Å². The lowest BCUT2D eigenvalue weighted by Gasteiger charge is -2.31. The minimum Gasteiger partial charge on any atom is -0.461 e. The fourth-order valence-electron chi connectivity index (χ4n) is 2.28. The smallest absolute Gasteiger partial charge is 0.367 e. The molecule has 0 radical (unpaired) electrons. The van der Waals surface area contributed by atoms with Gasteiger partial charge < -0.3 is 14.4 Å². The van der Waals surface area contributed by atoms with E-state index in [1.165, 1.54) is 0 Å². The molecule has 1 aliphatic rings. The molecule has 1 saturated heterocycles. The standard InChI is InChI=1S/C14H20N2O4S/c1-3-19-10-5-7-16(8-6-10)13(17)11-9-21-12(15-11)14(18)20-4-2/h9-10H,3-8H2,1-2H3. The number of ether oxygens (including phenoxy) is 2. The molecule has 1 aromatic rings. The van der Waals surface area contributed by atoms with Crippen LogP contribution >= 0.6 is 11.3 Å². The molecule has 0 spiro atoms. The highest BCUT2D eigenvalue weighted by Gasteiger charge is 2.26. The van der Waals surface area contributed by atoms with Crippen molar-refractivity contribution in [3.63, 3.8) is 0 Å². The number of thiazole rings is 1. The molecule has 0 aromatic carbocycles. The number of amides is 1. The van der Waals surface area contributed by atoms with E-state index in [1.807, 2.05) is 6.92 Å². The van der Waals surface area contributed by atoms with Crippen LogP contribution in [0.4, 0.5) is 0 Å². The van der Waals surface area contributed by atoms with Gasteiger partial charge in [0, 0.05) is 25.1 Å². The average molecular weight is 312 g/mol. The van der Waals surface area contributed by atoms with Crippen LogP contribution in [-0.4, -0.2) is 54.2 Å². The van der Waals surface area contributed by atoms with Gasteiger partial charge in [-0.2, -0.15) is 0 Å². The molecule has 2 rings (SSSR count). The maximum Gasteiger partial charge on any atom is 0.367 e. The predicted octanol–water partition coefficient (Wildman–Crippen LogP) is 1.96. The second-order valence-electron chi connectivity index (χ2n) is 4.71. The van der Waals surface area contributed by atoms with Crippen molar-refractivity contribution in [3.8, 4) is 0 Å². The van der Waals surface area contributed by atoms with E-state index in [0.29, 0.717) is 32.0 Å². The van der Waals surface area contributed by atoms with Crippen molar-refractivity contribution in [2.45, 2.75) is 32.8 Å². The topological polar surface area (TPSA) is 68.7 Å². The lowest BCUT2D eigenvalue weighted by Crippen LogP contribution is -2.41. The number of carbonyl (C=O) groups is 2. The Hall–Kier alpha value is -1.47. The van der Waals surface area contributed by atoms with Crippen LogP contribution in [0.15, 0.2) is 5.38 Å². The first-order valence-electron chi connectivity index (χ1n) is 7.19. The third-order valence-corrected chi connectivity index (χ3v) is 4.13. The summed E-state index contributed by atoms with van der Waals surface area (Å²) in [5.74, 6) is -0.603. The van der Waals surface area contributed by atoms with Gasteiger partial charge in [-0.15, -0.1) is 11.3 Å². The van der Waals surface area contributed by atoms with Crippen LogP contribution in [0.25, 0.3) is 0 Å². The van der Waals surface area contributed by atoms with Crippen molar-refractivity contribution < 1.29 is 19.1 Å². The maximum absolute atomic E-state index is 12.3. The molecule has 0 saturated carbocycles. The largest absolute Gasteiger partial charge is 0.461 e. The first kappa shape index (κ1) is 15.9. The molecular formula is C14H20N2O4S. The normalized spacial score (nSPS) is 16.0. The fourth-order valence-corrected chi connectivity index (χ4v) is 2.96. The van der Waals surface area contributed by atoms with Crippen molar-refractivity contribution in [1.29, 1.82) is 0 Å². The summed E-state index contributed by atoms with van der Waals surface area (Å²) in [5, 5.41) is 1.84. The Kier molecular flexibility index (Phi) is 5.69. The number of piperidine rings is 1. The summed E-state index contributed by atoms with van der Waals surface area (Å²) in [7, 11) is 0. The van der Waals surface area contributed by atoms with E-state index >= 15 is 0 Å². The molecule has 2 heterocycles. The number of hydrogen-bond acceptors (Lipinski definition) is 6. The minimum absolute atomic E-state index is 0.128. The van der Waals surface area contributed by atoms with E-state index in [2.05, 4.69) is 4.98 Å². The molecule has 0 atom stereocenters. The van der Waals surface area contributed by atoms with Gasteiger partial charge in [0.15, 0.2) is 0 Å². The Morgan fingerprint density at radius 1 is 1.33 bits per heavy atom. The van der Waals surface area contributed by atoms with Crippen LogP contribution < -0.4 is 0 Å². The molecule has 0 unspecified atom stereocenters. The highest BCUT2D eigenvalue weighted by atomic mass is 32.1. The lowest BCUT2D eigenvalue weighted by molar-refractivity contribution is 0.0144. The zero-order valence-electron chi connectivity index (χ0n) is 12.3. The number of nitrogens with zero attached hydrogens (tertiary/aromatic N) is 2. The highest BCUT2D eigenvalue weighted by molar-refractivity contribution is 7.11. The molecule has 1 amide bonds. The van der Waals surface area contributed by atoms with E-state index < -0.39 is 5.97 Å². The Labute approximate surface area is 128 Å². The van der Waals surface area contributed by atoms with Gasteiger partial charge in [0.2, 0.25) is 5.01 Å². The summed E-state index contributed by atoms with van der Waals surface area (Å²) in [6.07, 6.45) is 1.92. The predicted molar refractivity (Wildman–Crippen MR) is 78.6 cm³/mol. The highest BCUT2D eigenvalue weighted by Crippen LogP contribution is 2.18. The SMILES string of the molecule is CCOC(=O)c1nc(C(=O)N2CCC(OCC)CC2)cs1. The molecule has 0 bridgehead atoms. The lowest BCUT2D eigenvalue weighted by atomic mass is 10.1. The number of carbonyl (C=O) groups excluding carboxylic acids is 2. The third kappa shape index (κ3) is 4.01. The first-order chi connectivity index (χ1) is 10.2. The van der Waals surface area contributed by atoms with Gasteiger partial charge in [0.1, 0.15) is 5.69 Å². The van der Waals surface area contributed by atoms with Gasteiger partial charge in [0.05, 0.1) is 12.7 Å². The van der Waals surface area contributed by atoms with Crippen molar-refractivity contribution in [2.24, 2.45) is 0 Å². The summed E-state index contributed by atoms with van der Waals surface area (Å²) in [6.45, 7) is 6.04. The van der Waals surface area contributed by atoms with Gasteiger partial charge >= 0.3 is 5.97 Å². The summed E-state index contributed by atoms with van der Waals surface area (Å²) in [6, 6.07) is 0. The summed E-state index contributed by atoms with van der Waals surface area (Å²) < 4.78 is 10.4. The zero-order valence-corrected chi connectivity index (χ0v) is 13.1. The van der Waals surface area contributed by atoms with E-state index in [4.69, 9.17) is 9.47 Å². The van der Waals surface area contributed by atoms with Gasteiger partial charge in [-0.3, -0.25) is 4.79 Å². The Balaban J connectivity index is 1.93. The summed E-state index contributed by atoms with van der Waals surface area (Å²) in [5.41, 5.74) is 0.318. The average Bonchev–Trinajstić information content (AvgIpc) is 2.98. The van der Waals surface area contributed by atoms with Crippen LogP contribution in [0.2, 0.25) is 0 Å². The van der Waals surface area contributed by atoms with Gasteiger partial charge in [-0.25, -0.2) is 9.78 Å². The van der Waals surface area contributed by atoms with E-state index in [0.717, 1.165) is 24.2 Å². The Morgan fingerprint density at radius 3 is 2.67 bits per heavy atom. The van der Waals surface area contributed by atoms with E-state index in [9.17, 15) is 9.59 Å². The van der Waals surface area contributed by atoms with Crippen LogP contribution in [0.1, 0.15) is 47.0 Å². The molecule has 7 heteroatoms. The molecule has 6 nitrogen and oxygen atoms in total. The van der Waals surface area contributed by atoms with Gasteiger partial charge in [-0.1, -0.05) is 0 Å². The van der Waals surface area contributed by atoms with Crippen LogP contribution in [0.5, 0.6) is 0 Å². The molecule has 0 aliphatic carbocycles. The number of aromatic nitrogens is 1. The van der Waals surface area contributed by atoms with Crippen LogP contribution in [0, 0.1) is 0 Å². The third-order valence-electron chi connectivity index (χ3n) is 3.30. The number of hydrogen-bond donors (Lipinski definition) is 0. The van der Waals surface area contributed by atoms with E-state index in [1.54, 1.807) is 17.2 Å². The molecule has 1 fully saturated rings. The Bertz CT molecular complexity index is 495. The van der Waals surface area contributed by atoms with Gasteiger partial charge in [0.25, 0.3) is 5.91 Å². The van der Waals surface area contributed by atoms with Crippen molar-refractivity contribution in [2.75, 3.05) is 26.3 Å². The van der Waals surface area contributed by atoms with Crippen LogP contribution in [-0.2, 0) is 9.47 Å². The summed E-state index contributed by atoms with van der Waals surface area (Å²) in [4.78, 5) is 29.7. The van der Waals surface area contributed by atoms with Crippen molar-refractivity contribution in [3.05, 3.63) is 16.1 Å². The summed E-state index contributed by atoms with van der Waals surface area (Å²) >= 11 is 1.14. The number of likely N-dealkylation sites (tertiary alicyclic amines) is 1. The van der Waals surface area contributed by atoms with E-state index in [-0.39, 0.29) is 17.0 Å². The van der Waals surface area contributed by atoms with Crippen molar-refractivity contribution >= 4 is 23.2 Å². The monoisotopic (exact) mass is 312 g/mol. The number of esters is 1. The quantitative estimate of drug-likeness (QED) is 0.777. The van der Waals surface area contributed by atoms with Crippen LogP contribution in [0.3, 0.4) is 0 Å². The zero-order chi connectivity index (χ0) is 15.2. The van der Waals surface area contributed by atoms with Crippen molar-refractivity contribution in [1.82, 2.24) is 9.88 Å². The second kappa shape index (κ2) is 7.51. The molecule has 1 aliphatic heterocycles.